The van der Waals surface area contributed by atoms with Crippen LogP contribution in [-0.2, 0) is 11.2 Å². The second kappa shape index (κ2) is 10.5. The summed E-state index contributed by atoms with van der Waals surface area (Å²) in [4.78, 5) is 17.1. The van der Waals surface area contributed by atoms with E-state index in [1.807, 2.05) is 0 Å². The van der Waals surface area contributed by atoms with Crippen molar-refractivity contribution in [3.05, 3.63) is 58.4 Å². The van der Waals surface area contributed by atoms with Crippen molar-refractivity contribution in [2.75, 3.05) is 19.6 Å². The lowest BCUT2D eigenvalue weighted by atomic mass is 9.32. The Labute approximate surface area is 261 Å². The first-order valence-electron chi connectivity index (χ1n) is 17.0. The number of fused-ring (bicyclic) bond motifs is 1. The number of allylic oxidation sites excluding steroid dienone is 4. The van der Waals surface area contributed by atoms with Gasteiger partial charge in [-0.1, -0.05) is 69.0 Å². The zero-order chi connectivity index (χ0) is 30.3. The van der Waals surface area contributed by atoms with Gasteiger partial charge in [0.15, 0.2) is 5.78 Å². The molecule has 6 aliphatic carbocycles. The van der Waals surface area contributed by atoms with E-state index in [4.69, 9.17) is 11.6 Å². The first kappa shape index (κ1) is 30.1. The number of benzene rings is 1. The number of aliphatic hydroxyl groups excluding tert-OH is 1. The fourth-order valence-corrected chi connectivity index (χ4v) is 11.7. The van der Waals surface area contributed by atoms with Gasteiger partial charge in [0, 0.05) is 45.4 Å². The molecule has 234 valence electrons. The first-order valence-corrected chi connectivity index (χ1v) is 17.4. The number of hydrogen-bond acceptors (Lipinski definition) is 4. The molecule has 2 N–H and O–H groups in total. The summed E-state index contributed by atoms with van der Waals surface area (Å²) in [6.07, 6.45) is 18.5. The Morgan fingerprint density at radius 2 is 1.65 bits per heavy atom. The van der Waals surface area contributed by atoms with E-state index in [0.29, 0.717) is 13.0 Å². The molecule has 4 fully saturated rings. The largest absolute Gasteiger partial charge is 0.393 e. The van der Waals surface area contributed by atoms with Gasteiger partial charge < -0.3 is 15.1 Å². The zero-order valence-electron chi connectivity index (χ0n) is 26.0. The van der Waals surface area contributed by atoms with Crippen molar-refractivity contribution >= 4 is 17.4 Å². The number of β-amino-alcohol motifs (C(OH)–C–C–N with tert-alkyl or cyclic N) is 1. The van der Waals surface area contributed by atoms with Gasteiger partial charge in [0.05, 0.1) is 11.7 Å². The van der Waals surface area contributed by atoms with Crippen LogP contribution in [0, 0.1) is 39.3 Å². The van der Waals surface area contributed by atoms with Gasteiger partial charge in [-0.3, -0.25) is 4.79 Å². The average molecular weight is 610 g/mol. The predicted molar refractivity (Wildman–Crippen MR) is 168 cm³/mol. The molecule has 2 spiro atoms. The highest BCUT2D eigenvalue weighted by Gasteiger charge is 2.74. The molecule has 43 heavy (non-hydrogen) atoms. The summed E-state index contributed by atoms with van der Waals surface area (Å²) in [5, 5.41) is 23.9. The fraction of sp³-hybridized carbons (Fsp3) is 0.703. The van der Waals surface area contributed by atoms with Crippen molar-refractivity contribution in [1.82, 2.24) is 4.90 Å². The third-order valence-electron chi connectivity index (χ3n) is 13.8. The standard InChI is InChI=1S/C37H49ClFNO3/c1-33-14-11-25(41)22-35(33)17-18-37(27(23-35)30(42)21-26-28(38)9-8-10-29(26)39)31(33)12-15-34(2)32(37)13-16-36(34,43)24-40-19-6-4-3-5-7-20-40/h8-10,17-18,23,25,31-32,41,43H,3-7,11-16,19-22,24H2,1-2H3. The average Bonchev–Trinajstić information content (AvgIpc) is 3.22. The quantitative estimate of drug-likeness (QED) is 0.341. The van der Waals surface area contributed by atoms with E-state index in [1.54, 1.807) is 12.1 Å². The Kier molecular flexibility index (Phi) is 7.36. The van der Waals surface area contributed by atoms with Crippen LogP contribution < -0.4 is 0 Å². The Bertz CT molecular complexity index is 1330. The number of likely N-dealkylation sites (tertiary alicyclic amines) is 1. The lowest BCUT2D eigenvalue weighted by Gasteiger charge is -2.71. The van der Waals surface area contributed by atoms with Gasteiger partial charge in [-0.25, -0.2) is 4.39 Å². The van der Waals surface area contributed by atoms with E-state index in [9.17, 15) is 19.4 Å². The van der Waals surface area contributed by atoms with Gasteiger partial charge >= 0.3 is 0 Å². The minimum Gasteiger partial charge on any atom is -0.393 e. The van der Waals surface area contributed by atoms with Crippen LogP contribution in [-0.4, -0.2) is 52.2 Å². The second-order valence-electron chi connectivity index (χ2n) is 15.7. The zero-order valence-corrected chi connectivity index (χ0v) is 26.8. The van der Waals surface area contributed by atoms with Crippen LogP contribution in [0.2, 0.25) is 5.02 Å². The maximum atomic E-state index is 15.0. The molecule has 2 bridgehead atoms. The number of hydrogen-bond donors (Lipinski definition) is 2. The Hall–Kier alpha value is -1.53. The summed E-state index contributed by atoms with van der Waals surface area (Å²) in [6.45, 7) is 7.51. The highest BCUT2D eigenvalue weighted by molar-refractivity contribution is 6.31. The molecule has 6 heteroatoms. The molecule has 7 aliphatic rings. The molecule has 4 nitrogen and oxygen atoms in total. The molecule has 1 aromatic rings. The number of ketones is 1. The fourth-order valence-electron chi connectivity index (χ4n) is 11.5. The predicted octanol–water partition coefficient (Wildman–Crippen LogP) is 7.45. The summed E-state index contributed by atoms with van der Waals surface area (Å²) in [5.41, 5.74) is -1.09. The third-order valence-corrected chi connectivity index (χ3v) is 14.2. The lowest BCUT2D eigenvalue weighted by molar-refractivity contribution is -0.179. The molecule has 1 aliphatic heterocycles. The molecule has 8 rings (SSSR count). The molecule has 0 aromatic heterocycles. The van der Waals surface area contributed by atoms with Crippen LogP contribution in [0.3, 0.4) is 0 Å². The van der Waals surface area contributed by atoms with Crippen molar-refractivity contribution < 1.29 is 19.4 Å². The molecule has 1 heterocycles. The van der Waals surface area contributed by atoms with E-state index < -0.39 is 28.4 Å². The van der Waals surface area contributed by atoms with Crippen LogP contribution >= 0.6 is 11.6 Å². The molecule has 8 atom stereocenters. The Morgan fingerprint density at radius 3 is 2.40 bits per heavy atom. The van der Waals surface area contributed by atoms with Gasteiger partial charge in [0.25, 0.3) is 0 Å². The SMILES string of the molecule is CC12CCC(O)CC13C=CC1(C(C(=O)Cc4c(F)cccc4Cl)=C3)C2CCC2(C)C1CCC2(O)CN1CCCCCCC1. The molecule has 1 aromatic carbocycles. The number of carbonyl (C=O) groups is 1. The summed E-state index contributed by atoms with van der Waals surface area (Å²) in [6, 6.07) is 4.61. The summed E-state index contributed by atoms with van der Waals surface area (Å²) in [5.74, 6) is -0.158. The molecular weight excluding hydrogens is 561 g/mol. The number of nitrogens with zero attached hydrogens (tertiary/aromatic N) is 1. The summed E-state index contributed by atoms with van der Waals surface area (Å²) < 4.78 is 15.0. The number of carbonyl (C=O) groups excluding carboxylic acids is 1. The van der Waals surface area contributed by atoms with Crippen molar-refractivity contribution in [3.63, 3.8) is 0 Å². The number of rotatable bonds is 5. The highest BCUT2D eigenvalue weighted by Crippen LogP contribution is 2.78. The minimum absolute atomic E-state index is 0.0636. The number of aliphatic hydroxyl groups is 2. The molecule has 3 saturated carbocycles. The van der Waals surface area contributed by atoms with Crippen LogP contribution in [0.1, 0.15) is 96.5 Å². The van der Waals surface area contributed by atoms with Crippen molar-refractivity contribution in [1.29, 1.82) is 0 Å². The Balaban J connectivity index is 1.31. The topological polar surface area (TPSA) is 60.8 Å². The van der Waals surface area contributed by atoms with Crippen LogP contribution in [0.5, 0.6) is 0 Å². The Morgan fingerprint density at radius 1 is 0.977 bits per heavy atom. The number of Topliss-reactive ketones (excluding diaryl/α,β-unsaturated/α-hetero) is 1. The smallest absolute Gasteiger partial charge is 0.164 e. The minimum atomic E-state index is -0.816. The maximum Gasteiger partial charge on any atom is 0.164 e. The van der Waals surface area contributed by atoms with E-state index in [-0.39, 0.29) is 45.5 Å². The highest BCUT2D eigenvalue weighted by atomic mass is 35.5. The van der Waals surface area contributed by atoms with E-state index >= 15 is 0 Å². The maximum absolute atomic E-state index is 15.0. The van der Waals surface area contributed by atoms with Crippen molar-refractivity contribution in [2.45, 2.75) is 109 Å². The molecule has 1 saturated heterocycles. The third kappa shape index (κ3) is 4.27. The van der Waals surface area contributed by atoms with Crippen LogP contribution in [0.4, 0.5) is 4.39 Å². The van der Waals surface area contributed by atoms with Gasteiger partial charge in [0.2, 0.25) is 0 Å². The lowest BCUT2D eigenvalue weighted by Crippen LogP contribution is -2.67. The molecule has 0 amide bonds. The van der Waals surface area contributed by atoms with E-state index in [2.05, 4.69) is 37.0 Å². The number of halogens is 2. The first-order chi connectivity index (χ1) is 20.5. The molecule has 8 unspecified atom stereocenters. The van der Waals surface area contributed by atoms with Gasteiger partial charge in [-0.2, -0.15) is 0 Å². The second-order valence-corrected chi connectivity index (χ2v) is 16.1. The van der Waals surface area contributed by atoms with Crippen LogP contribution in [0.15, 0.2) is 42.0 Å². The monoisotopic (exact) mass is 609 g/mol. The van der Waals surface area contributed by atoms with Crippen LogP contribution in [0.25, 0.3) is 0 Å². The van der Waals surface area contributed by atoms with E-state index in [0.717, 1.165) is 57.2 Å². The summed E-state index contributed by atoms with van der Waals surface area (Å²) >= 11 is 6.44. The van der Waals surface area contributed by atoms with Crippen molar-refractivity contribution in [2.24, 2.45) is 33.5 Å². The molecular formula is C37H49ClFNO3. The van der Waals surface area contributed by atoms with Crippen molar-refractivity contribution in [3.8, 4) is 0 Å². The molecule has 0 radical (unpaired) electrons. The van der Waals surface area contributed by atoms with Gasteiger partial charge in [-0.05, 0) is 100 Å². The van der Waals surface area contributed by atoms with Gasteiger partial charge in [0.1, 0.15) is 5.82 Å². The van der Waals surface area contributed by atoms with E-state index in [1.165, 1.54) is 38.2 Å². The normalized spacial score (nSPS) is 44.1. The summed E-state index contributed by atoms with van der Waals surface area (Å²) in [7, 11) is 0. The van der Waals surface area contributed by atoms with Gasteiger partial charge in [-0.15, -0.1) is 0 Å².